The standard InChI is InChI=1S/C20H20N4O3/c1-27-20(26)16-6-4-5-15(13-16)19(25)23-11-8-14(9-12-23)18-22-21-17-7-2-3-10-24(17)18/h2-7,10,13-14H,8-9,11-12H2,1H3. The zero-order valence-electron chi connectivity index (χ0n) is 15.0. The van der Waals surface area contributed by atoms with Gasteiger partial charge in [-0.2, -0.15) is 0 Å². The molecule has 1 aliphatic heterocycles. The minimum absolute atomic E-state index is 0.0645. The smallest absolute Gasteiger partial charge is 0.337 e. The lowest BCUT2D eigenvalue weighted by Gasteiger charge is -2.31. The summed E-state index contributed by atoms with van der Waals surface area (Å²) in [6.45, 7) is 1.29. The normalized spacial score (nSPS) is 15.1. The van der Waals surface area contributed by atoms with Crippen molar-refractivity contribution in [1.82, 2.24) is 19.5 Å². The molecule has 3 heterocycles. The average Bonchev–Trinajstić information content (AvgIpc) is 3.17. The summed E-state index contributed by atoms with van der Waals surface area (Å²) in [4.78, 5) is 26.3. The maximum absolute atomic E-state index is 12.8. The fraction of sp³-hybridized carbons (Fsp3) is 0.300. The highest BCUT2D eigenvalue weighted by Gasteiger charge is 2.27. The first-order chi connectivity index (χ1) is 13.2. The molecule has 7 heteroatoms. The lowest BCUT2D eigenvalue weighted by molar-refractivity contribution is 0.0600. The molecule has 7 nitrogen and oxygen atoms in total. The van der Waals surface area contributed by atoms with Crippen LogP contribution in [0.4, 0.5) is 0 Å². The number of likely N-dealkylation sites (tertiary alicyclic amines) is 1. The summed E-state index contributed by atoms with van der Waals surface area (Å²) in [6.07, 6.45) is 3.64. The van der Waals surface area contributed by atoms with E-state index in [0.717, 1.165) is 24.3 Å². The van der Waals surface area contributed by atoms with Gasteiger partial charge >= 0.3 is 5.97 Å². The number of nitrogens with zero attached hydrogens (tertiary/aromatic N) is 4. The molecule has 0 bridgehead atoms. The molecule has 27 heavy (non-hydrogen) atoms. The second kappa shape index (κ2) is 7.19. The topological polar surface area (TPSA) is 76.8 Å². The molecule has 0 saturated carbocycles. The van der Waals surface area contributed by atoms with Gasteiger partial charge in [-0.15, -0.1) is 10.2 Å². The van der Waals surface area contributed by atoms with Gasteiger partial charge in [0.05, 0.1) is 12.7 Å². The number of aromatic nitrogens is 3. The Hall–Kier alpha value is -3.22. The van der Waals surface area contributed by atoms with Crippen molar-refractivity contribution in [2.75, 3.05) is 20.2 Å². The Morgan fingerprint density at radius 3 is 2.59 bits per heavy atom. The predicted octanol–water partition coefficient (Wildman–Crippen LogP) is 2.54. The Bertz CT molecular complexity index is 990. The first kappa shape index (κ1) is 17.2. The van der Waals surface area contributed by atoms with E-state index >= 15 is 0 Å². The van der Waals surface area contributed by atoms with Gasteiger partial charge in [-0.05, 0) is 43.2 Å². The first-order valence-electron chi connectivity index (χ1n) is 8.94. The third-order valence-corrected chi connectivity index (χ3v) is 5.02. The number of fused-ring (bicyclic) bond motifs is 1. The van der Waals surface area contributed by atoms with Gasteiger partial charge in [-0.1, -0.05) is 12.1 Å². The van der Waals surface area contributed by atoms with E-state index in [1.165, 1.54) is 7.11 Å². The minimum atomic E-state index is -0.443. The van der Waals surface area contributed by atoms with Gasteiger partial charge in [0, 0.05) is 30.8 Å². The molecule has 0 radical (unpaired) electrons. The molecule has 1 fully saturated rings. The van der Waals surface area contributed by atoms with Crippen LogP contribution in [-0.2, 0) is 4.74 Å². The van der Waals surface area contributed by atoms with Crippen molar-refractivity contribution >= 4 is 17.5 Å². The number of hydrogen-bond donors (Lipinski definition) is 0. The average molecular weight is 364 g/mol. The van der Waals surface area contributed by atoms with E-state index in [9.17, 15) is 9.59 Å². The summed E-state index contributed by atoms with van der Waals surface area (Å²) in [6, 6.07) is 12.5. The molecule has 1 aromatic carbocycles. The van der Waals surface area contributed by atoms with E-state index in [1.807, 2.05) is 33.7 Å². The Morgan fingerprint density at radius 2 is 1.81 bits per heavy atom. The van der Waals surface area contributed by atoms with Crippen LogP contribution in [0.25, 0.3) is 5.65 Å². The van der Waals surface area contributed by atoms with Crippen molar-refractivity contribution in [2.45, 2.75) is 18.8 Å². The molecule has 0 atom stereocenters. The zero-order valence-corrected chi connectivity index (χ0v) is 15.0. The summed E-state index contributed by atoms with van der Waals surface area (Å²) >= 11 is 0. The second-order valence-electron chi connectivity index (χ2n) is 6.63. The highest BCUT2D eigenvalue weighted by Crippen LogP contribution is 2.28. The molecular weight excluding hydrogens is 344 g/mol. The Labute approximate surface area is 156 Å². The monoisotopic (exact) mass is 364 g/mol. The molecule has 4 rings (SSSR count). The van der Waals surface area contributed by atoms with E-state index in [0.29, 0.717) is 24.2 Å². The van der Waals surface area contributed by atoms with E-state index in [1.54, 1.807) is 24.3 Å². The molecule has 0 unspecified atom stereocenters. The quantitative estimate of drug-likeness (QED) is 0.668. The van der Waals surface area contributed by atoms with Gasteiger partial charge in [0.1, 0.15) is 5.82 Å². The first-order valence-corrected chi connectivity index (χ1v) is 8.94. The maximum atomic E-state index is 12.8. The van der Waals surface area contributed by atoms with Crippen molar-refractivity contribution in [3.63, 3.8) is 0 Å². The summed E-state index contributed by atoms with van der Waals surface area (Å²) in [7, 11) is 1.33. The van der Waals surface area contributed by atoms with Crippen LogP contribution in [0.15, 0.2) is 48.7 Å². The number of methoxy groups -OCH3 is 1. The Kier molecular flexibility index (Phi) is 4.58. The third-order valence-electron chi connectivity index (χ3n) is 5.02. The largest absolute Gasteiger partial charge is 0.465 e. The third kappa shape index (κ3) is 3.28. The molecule has 0 spiro atoms. The summed E-state index contributed by atoms with van der Waals surface area (Å²) in [5.41, 5.74) is 1.73. The highest BCUT2D eigenvalue weighted by atomic mass is 16.5. The number of esters is 1. The van der Waals surface area contributed by atoms with Crippen LogP contribution in [0, 0.1) is 0 Å². The van der Waals surface area contributed by atoms with Crippen LogP contribution in [-0.4, -0.2) is 51.6 Å². The SMILES string of the molecule is COC(=O)c1cccc(C(=O)N2CCC(c3nnc4ccccn34)CC2)c1. The molecule has 0 aliphatic carbocycles. The van der Waals surface area contributed by atoms with Gasteiger partial charge in [-0.3, -0.25) is 9.20 Å². The van der Waals surface area contributed by atoms with E-state index in [4.69, 9.17) is 4.74 Å². The van der Waals surface area contributed by atoms with Gasteiger partial charge in [-0.25, -0.2) is 4.79 Å². The number of carbonyl (C=O) groups excluding carboxylic acids is 2. The summed E-state index contributed by atoms with van der Waals surface area (Å²) in [5, 5.41) is 8.56. The van der Waals surface area contributed by atoms with Crippen LogP contribution in [0.3, 0.4) is 0 Å². The molecule has 1 amide bonds. The van der Waals surface area contributed by atoms with Crippen LogP contribution >= 0.6 is 0 Å². The Morgan fingerprint density at radius 1 is 1.04 bits per heavy atom. The summed E-state index contributed by atoms with van der Waals surface area (Å²) in [5.74, 6) is 0.714. The molecule has 0 N–H and O–H groups in total. The van der Waals surface area contributed by atoms with Crippen LogP contribution in [0.5, 0.6) is 0 Å². The van der Waals surface area contributed by atoms with Gasteiger partial charge in [0.15, 0.2) is 5.65 Å². The number of piperidine rings is 1. The van der Waals surface area contributed by atoms with E-state index in [2.05, 4.69) is 10.2 Å². The van der Waals surface area contributed by atoms with Gasteiger partial charge in [0.2, 0.25) is 0 Å². The number of benzene rings is 1. The van der Waals surface area contributed by atoms with Crippen LogP contribution < -0.4 is 0 Å². The van der Waals surface area contributed by atoms with Crippen molar-refractivity contribution in [3.05, 3.63) is 65.6 Å². The lowest BCUT2D eigenvalue weighted by atomic mass is 9.95. The number of amides is 1. The second-order valence-corrected chi connectivity index (χ2v) is 6.63. The number of hydrogen-bond acceptors (Lipinski definition) is 5. The number of pyridine rings is 1. The van der Waals surface area contributed by atoms with Crippen LogP contribution in [0.2, 0.25) is 0 Å². The highest BCUT2D eigenvalue weighted by molar-refractivity contribution is 5.98. The van der Waals surface area contributed by atoms with Crippen molar-refractivity contribution in [3.8, 4) is 0 Å². The Balaban J connectivity index is 1.46. The number of ether oxygens (including phenoxy) is 1. The van der Waals surface area contributed by atoms with E-state index < -0.39 is 5.97 Å². The van der Waals surface area contributed by atoms with Gasteiger partial charge in [0.25, 0.3) is 5.91 Å². The number of carbonyl (C=O) groups is 2. The fourth-order valence-corrected chi connectivity index (χ4v) is 3.56. The van der Waals surface area contributed by atoms with Gasteiger partial charge < -0.3 is 9.64 Å². The molecule has 138 valence electrons. The van der Waals surface area contributed by atoms with E-state index in [-0.39, 0.29) is 11.8 Å². The minimum Gasteiger partial charge on any atom is -0.465 e. The lowest BCUT2D eigenvalue weighted by Crippen LogP contribution is -2.38. The zero-order chi connectivity index (χ0) is 18.8. The molecule has 3 aromatic rings. The molecule has 1 saturated heterocycles. The summed E-state index contributed by atoms with van der Waals surface area (Å²) < 4.78 is 6.74. The predicted molar refractivity (Wildman–Crippen MR) is 98.6 cm³/mol. The molecule has 1 aliphatic rings. The molecular formula is C20H20N4O3. The van der Waals surface area contributed by atoms with Crippen molar-refractivity contribution in [1.29, 1.82) is 0 Å². The van der Waals surface area contributed by atoms with Crippen LogP contribution in [0.1, 0.15) is 45.3 Å². The van der Waals surface area contributed by atoms with Crippen molar-refractivity contribution in [2.24, 2.45) is 0 Å². The maximum Gasteiger partial charge on any atom is 0.337 e. The molecule has 2 aromatic heterocycles. The van der Waals surface area contributed by atoms with Crippen molar-refractivity contribution < 1.29 is 14.3 Å². The fourth-order valence-electron chi connectivity index (χ4n) is 3.56. The number of rotatable bonds is 3.